The number of sulfone groups is 1. The summed E-state index contributed by atoms with van der Waals surface area (Å²) in [5, 5.41) is 9.74. The van der Waals surface area contributed by atoms with Crippen molar-refractivity contribution in [2.24, 2.45) is 0 Å². The first-order chi connectivity index (χ1) is 9.46. The highest BCUT2D eigenvalue weighted by Crippen LogP contribution is 2.27. The summed E-state index contributed by atoms with van der Waals surface area (Å²) in [5.41, 5.74) is 0. The van der Waals surface area contributed by atoms with Crippen LogP contribution in [0.3, 0.4) is 0 Å². The van der Waals surface area contributed by atoms with Gasteiger partial charge < -0.3 is 10.0 Å². The molecule has 0 bridgehead atoms. The average molecular weight is 362 g/mol. The third-order valence-corrected chi connectivity index (χ3v) is 6.30. The van der Waals surface area contributed by atoms with Crippen molar-refractivity contribution in [1.82, 2.24) is 5.06 Å². The Morgan fingerprint density at radius 2 is 1.90 bits per heavy atom. The summed E-state index contributed by atoms with van der Waals surface area (Å²) >= 11 is 3.26. The minimum atomic E-state index is -3.65. The van der Waals surface area contributed by atoms with Crippen LogP contribution in [0.25, 0.3) is 0 Å². The van der Waals surface area contributed by atoms with Crippen LogP contribution in [0.2, 0.25) is 0 Å². The van der Waals surface area contributed by atoms with Gasteiger partial charge in [0.1, 0.15) is 12.3 Å². The second-order valence-corrected chi connectivity index (χ2v) is 7.91. The molecule has 1 saturated heterocycles. The number of hydrogen-bond donors (Lipinski definition) is 1. The normalized spacial score (nSPS) is 25.1. The summed E-state index contributed by atoms with van der Waals surface area (Å²) in [7, 11) is -3.65. The van der Waals surface area contributed by atoms with Gasteiger partial charge in [-0.25, -0.2) is 8.42 Å². The molecular weight excluding hydrogens is 346 g/mol. The van der Waals surface area contributed by atoms with Crippen LogP contribution in [-0.4, -0.2) is 42.8 Å². The number of benzene rings is 1. The van der Waals surface area contributed by atoms with E-state index in [1.54, 1.807) is 12.1 Å². The number of aldehydes is 1. The summed E-state index contributed by atoms with van der Waals surface area (Å²) < 4.78 is 26.1. The molecule has 1 aromatic carbocycles. The first kappa shape index (κ1) is 15.6. The summed E-state index contributed by atoms with van der Waals surface area (Å²) in [4.78, 5) is 11.4. The molecule has 5 nitrogen and oxygen atoms in total. The third kappa shape index (κ3) is 3.11. The first-order valence-electron chi connectivity index (χ1n) is 6.37. The average Bonchev–Trinajstić information content (AvgIpc) is 2.61. The maximum Gasteiger partial charge on any atom is 0.183 e. The molecule has 2 atom stereocenters. The van der Waals surface area contributed by atoms with Crippen molar-refractivity contribution in [3.05, 3.63) is 28.7 Å². The maximum atomic E-state index is 12.7. The van der Waals surface area contributed by atoms with Crippen LogP contribution >= 0.6 is 15.9 Å². The van der Waals surface area contributed by atoms with Crippen LogP contribution in [0.4, 0.5) is 0 Å². The molecule has 1 fully saturated rings. The van der Waals surface area contributed by atoms with E-state index in [4.69, 9.17) is 0 Å². The number of hydrogen-bond acceptors (Lipinski definition) is 5. The fraction of sp³-hybridized carbons (Fsp3) is 0.462. The Morgan fingerprint density at radius 1 is 1.25 bits per heavy atom. The van der Waals surface area contributed by atoms with Crippen LogP contribution in [0.1, 0.15) is 19.3 Å². The number of carbonyl (C=O) groups is 1. The third-order valence-electron chi connectivity index (χ3n) is 3.53. The van der Waals surface area contributed by atoms with Crippen molar-refractivity contribution in [1.29, 1.82) is 0 Å². The number of rotatable bonds is 3. The zero-order valence-electron chi connectivity index (χ0n) is 10.8. The van der Waals surface area contributed by atoms with Gasteiger partial charge >= 0.3 is 0 Å². The topological polar surface area (TPSA) is 74.7 Å². The van der Waals surface area contributed by atoms with Gasteiger partial charge in [0, 0.05) is 11.0 Å². The van der Waals surface area contributed by atoms with E-state index in [2.05, 4.69) is 15.9 Å². The summed E-state index contributed by atoms with van der Waals surface area (Å²) in [5.74, 6) is 0. The van der Waals surface area contributed by atoms with E-state index in [0.717, 1.165) is 9.54 Å². The van der Waals surface area contributed by atoms with Gasteiger partial charge in [0.05, 0.1) is 10.1 Å². The van der Waals surface area contributed by atoms with E-state index < -0.39 is 21.1 Å². The van der Waals surface area contributed by atoms with E-state index in [1.165, 1.54) is 12.1 Å². The zero-order chi connectivity index (χ0) is 14.8. The van der Waals surface area contributed by atoms with Gasteiger partial charge in [-0.15, -0.1) is 0 Å². The molecule has 110 valence electrons. The molecule has 1 N–H and O–H groups in total. The Labute approximate surface area is 126 Å². The standard InChI is InChI=1S/C13H16BrNO4S/c14-10-4-6-11(7-5-10)20(18,19)13-3-1-2-8-15(17)12(13)9-16/h4-7,9,12-13,17H,1-3,8H2. The highest BCUT2D eigenvalue weighted by molar-refractivity contribution is 9.10. The lowest BCUT2D eigenvalue weighted by Gasteiger charge is -2.25. The summed E-state index contributed by atoms with van der Waals surface area (Å²) in [6.45, 7) is 0.315. The van der Waals surface area contributed by atoms with E-state index in [-0.39, 0.29) is 4.90 Å². The second kappa shape index (κ2) is 6.34. The van der Waals surface area contributed by atoms with Gasteiger partial charge in [0.2, 0.25) is 0 Å². The van der Waals surface area contributed by atoms with E-state index in [1.807, 2.05) is 0 Å². The van der Waals surface area contributed by atoms with Gasteiger partial charge in [-0.1, -0.05) is 22.4 Å². The molecule has 2 unspecified atom stereocenters. The lowest BCUT2D eigenvalue weighted by molar-refractivity contribution is -0.141. The predicted octanol–water partition coefficient (Wildman–Crippen LogP) is 2.03. The molecule has 1 heterocycles. The van der Waals surface area contributed by atoms with Crippen molar-refractivity contribution in [3.63, 3.8) is 0 Å². The molecular formula is C13H16BrNO4S. The monoisotopic (exact) mass is 361 g/mol. The van der Waals surface area contributed by atoms with Gasteiger partial charge in [0.15, 0.2) is 9.84 Å². The second-order valence-electron chi connectivity index (χ2n) is 4.82. The molecule has 0 spiro atoms. The van der Waals surface area contributed by atoms with Crippen LogP contribution in [0.5, 0.6) is 0 Å². The van der Waals surface area contributed by atoms with Gasteiger partial charge in [-0.3, -0.25) is 0 Å². The smallest absolute Gasteiger partial charge is 0.183 e. The van der Waals surface area contributed by atoms with Crippen molar-refractivity contribution in [2.45, 2.75) is 35.4 Å². The molecule has 20 heavy (non-hydrogen) atoms. The quantitative estimate of drug-likeness (QED) is 0.833. The van der Waals surface area contributed by atoms with Crippen LogP contribution in [0, 0.1) is 0 Å². The molecule has 0 radical (unpaired) electrons. The highest BCUT2D eigenvalue weighted by Gasteiger charge is 2.38. The lowest BCUT2D eigenvalue weighted by atomic mass is 10.1. The molecule has 0 aliphatic carbocycles. The van der Waals surface area contributed by atoms with Crippen LogP contribution in [0.15, 0.2) is 33.6 Å². The Bertz CT molecular complexity index is 573. The zero-order valence-corrected chi connectivity index (χ0v) is 13.2. The van der Waals surface area contributed by atoms with E-state index in [9.17, 15) is 18.4 Å². The van der Waals surface area contributed by atoms with E-state index >= 15 is 0 Å². The minimum absolute atomic E-state index is 0.174. The Hall–Kier alpha value is -0.760. The van der Waals surface area contributed by atoms with Gasteiger partial charge in [-0.05, 0) is 37.1 Å². The summed E-state index contributed by atoms with van der Waals surface area (Å²) in [6.07, 6.45) is 2.24. The molecule has 2 rings (SSSR count). The largest absolute Gasteiger partial charge is 0.313 e. The molecule has 7 heteroatoms. The van der Waals surface area contributed by atoms with Gasteiger partial charge in [-0.2, -0.15) is 5.06 Å². The molecule has 1 aliphatic rings. The molecule has 0 aromatic heterocycles. The number of hydroxylamine groups is 2. The lowest BCUT2D eigenvalue weighted by Crippen LogP contribution is -2.45. The van der Waals surface area contributed by atoms with Crippen molar-refractivity contribution in [2.75, 3.05) is 6.54 Å². The van der Waals surface area contributed by atoms with Crippen LogP contribution in [-0.2, 0) is 14.6 Å². The Morgan fingerprint density at radius 3 is 2.50 bits per heavy atom. The fourth-order valence-electron chi connectivity index (χ4n) is 2.43. The number of nitrogens with zero attached hydrogens (tertiary/aromatic N) is 1. The first-order valence-corrected chi connectivity index (χ1v) is 8.71. The number of carbonyl (C=O) groups excluding carboxylic acids is 1. The van der Waals surface area contributed by atoms with Gasteiger partial charge in [0.25, 0.3) is 0 Å². The molecule has 0 saturated carbocycles. The molecule has 0 amide bonds. The Kier molecular flexibility index (Phi) is 4.95. The van der Waals surface area contributed by atoms with Crippen LogP contribution < -0.4 is 0 Å². The number of halogens is 1. The minimum Gasteiger partial charge on any atom is -0.313 e. The predicted molar refractivity (Wildman–Crippen MR) is 77.3 cm³/mol. The fourth-order valence-corrected chi connectivity index (χ4v) is 4.60. The Balaban J connectivity index is 2.39. The van der Waals surface area contributed by atoms with Crippen molar-refractivity contribution < 1.29 is 18.4 Å². The van der Waals surface area contributed by atoms with Crippen molar-refractivity contribution >= 4 is 32.1 Å². The van der Waals surface area contributed by atoms with E-state index in [0.29, 0.717) is 32.1 Å². The molecule has 1 aliphatic heterocycles. The molecule has 1 aromatic rings. The van der Waals surface area contributed by atoms with Crippen molar-refractivity contribution in [3.8, 4) is 0 Å². The maximum absolute atomic E-state index is 12.7. The SMILES string of the molecule is O=CC1C(S(=O)(=O)c2ccc(Br)cc2)CCCCN1O. The summed E-state index contributed by atoms with van der Waals surface area (Å²) in [6, 6.07) is 5.31. The highest BCUT2D eigenvalue weighted by atomic mass is 79.9.